The molecule has 0 aromatic carbocycles. The Bertz CT molecular complexity index is 187. The van der Waals surface area contributed by atoms with Crippen molar-refractivity contribution >= 4 is 0 Å². The molecule has 0 bridgehead atoms. The minimum Gasteiger partial charge on any atom is -0.250 e. The maximum atomic E-state index is 3.96. The molecule has 2 rings (SSSR count). The topological polar surface area (TPSA) is 30.7 Å². The molecular weight excluding hydrogens is 126 g/mol. The zero-order chi connectivity index (χ0) is 6.81. The van der Waals surface area contributed by atoms with Crippen LogP contribution in [0.4, 0.5) is 0 Å². The second-order valence-electron chi connectivity index (χ2n) is 2.82. The number of nitrogens with zero attached hydrogens (tertiary/aromatic N) is 3. The lowest BCUT2D eigenvalue weighted by molar-refractivity contribution is 0.454. The highest BCUT2D eigenvalue weighted by Crippen LogP contribution is 2.27. The van der Waals surface area contributed by atoms with Crippen molar-refractivity contribution in [1.82, 2.24) is 15.0 Å². The predicted octanol–water partition coefficient (Wildman–Crippen LogP) is 1.39. The third-order valence-electron chi connectivity index (χ3n) is 2.14. The highest BCUT2D eigenvalue weighted by atomic mass is 15.4. The highest BCUT2D eigenvalue weighted by molar-refractivity contribution is 4.76. The van der Waals surface area contributed by atoms with Crippen LogP contribution in [-0.2, 0) is 0 Å². The van der Waals surface area contributed by atoms with Gasteiger partial charge >= 0.3 is 0 Å². The molecule has 1 fully saturated rings. The number of aromatic nitrogens is 3. The predicted molar refractivity (Wildman–Crippen MR) is 37.5 cm³/mol. The average molecular weight is 137 g/mol. The van der Waals surface area contributed by atoms with Crippen molar-refractivity contribution in [2.45, 2.75) is 31.7 Å². The van der Waals surface area contributed by atoms with E-state index in [1.807, 2.05) is 10.9 Å². The Kier molecular flexibility index (Phi) is 1.42. The summed E-state index contributed by atoms with van der Waals surface area (Å²) in [5.41, 5.74) is 0. The first-order valence-electron chi connectivity index (χ1n) is 3.82. The zero-order valence-electron chi connectivity index (χ0n) is 5.90. The van der Waals surface area contributed by atoms with Gasteiger partial charge in [0.25, 0.3) is 0 Å². The maximum Gasteiger partial charge on any atom is 0.0693 e. The Morgan fingerprint density at radius 1 is 1.30 bits per heavy atom. The Balaban J connectivity index is 2.12. The molecule has 1 aromatic rings. The van der Waals surface area contributed by atoms with E-state index in [9.17, 15) is 0 Å². The van der Waals surface area contributed by atoms with Gasteiger partial charge in [-0.1, -0.05) is 18.1 Å². The van der Waals surface area contributed by atoms with Gasteiger partial charge in [-0.3, -0.25) is 0 Å². The Labute approximate surface area is 60.0 Å². The molecule has 3 nitrogen and oxygen atoms in total. The fourth-order valence-electron chi connectivity index (χ4n) is 1.58. The summed E-state index contributed by atoms with van der Waals surface area (Å²) in [6.07, 6.45) is 8.97. The first kappa shape index (κ1) is 5.89. The van der Waals surface area contributed by atoms with E-state index in [0.717, 1.165) is 0 Å². The van der Waals surface area contributed by atoms with E-state index >= 15 is 0 Å². The van der Waals surface area contributed by atoms with E-state index in [2.05, 4.69) is 10.3 Å². The Morgan fingerprint density at radius 2 is 2.10 bits per heavy atom. The zero-order valence-corrected chi connectivity index (χ0v) is 5.90. The molecule has 1 aliphatic carbocycles. The van der Waals surface area contributed by atoms with Gasteiger partial charge in [0.1, 0.15) is 0 Å². The van der Waals surface area contributed by atoms with E-state index in [-0.39, 0.29) is 0 Å². The summed E-state index contributed by atoms with van der Waals surface area (Å²) in [5.74, 6) is 0. The summed E-state index contributed by atoms with van der Waals surface area (Å²) in [6.45, 7) is 0. The summed E-state index contributed by atoms with van der Waals surface area (Å²) in [7, 11) is 0. The normalized spacial score (nSPS) is 20.0. The first-order chi connectivity index (χ1) is 4.97. The standard InChI is InChI=1S/C7H11N3/c1-2-4-7(3-1)10-6-5-8-9-10/h5-7H,1-4H2. The number of hydrogen-bond acceptors (Lipinski definition) is 2. The van der Waals surface area contributed by atoms with Crippen LogP contribution >= 0.6 is 0 Å². The monoisotopic (exact) mass is 137 g/mol. The quantitative estimate of drug-likeness (QED) is 0.585. The SMILES string of the molecule is c1cn(C2CCCC2)nn1. The van der Waals surface area contributed by atoms with Gasteiger partial charge in [-0.25, -0.2) is 4.68 Å². The van der Waals surface area contributed by atoms with E-state index in [1.54, 1.807) is 6.20 Å². The summed E-state index contributed by atoms with van der Waals surface area (Å²) in [6, 6.07) is 0.641. The van der Waals surface area contributed by atoms with Crippen molar-refractivity contribution in [2.75, 3.05) is 0 Å². The van der Waals surface area contributed by atoms with Crippen LogP contribution in [0.25, 0.3) is 0 Å². The Morgan fingerprint density at radius 3 is 2.70 bits per heavy atom. The van der Waals surface area contributed by atoms with E-state index in [1.165, 1.54) is 25.7 Å². The van der Waals surface area contributed by atoms with Crippen LogP contribution < -0.4 is 0 Å². The summed E-state index contributed by atoms with van der Waals surface area (Å²) < 4.78 is 1.98. The fourth-order valence-corrected chi connectivity index (χ4v) is 1.58. The molecule has 0 saturated heterocycles. The molecule has 54 valence electrons. The molecule has 0 aliphatic heterocycles. The van der Waals surface area contributed by atoms with E-state index in [4.69, 9.17) is 0 Å². The molecule has 0 atom stereocenters. The molecule has 0 spiro atoms. The van der Waals surface area contributed by atoms with Crippen molar-refractivity contribution in [1.29, 1.82) is 0 Å². The molecule has 0 N–H and O–H groups in total. The third kappa shape index (κ3) is 0.916. The second kappa shape index (κ2) is 2.40. The first-order valence-corrected chi connectivity index (χ1v) is 3.82. The van der Waals surface area contributed by atoms with Crippen molar-refractivity contribution in [3.63, 3.8) is 0 Å². The molecule has 3 heteroatoms. The summed E-state index contributed by atoms with van der Waals surface area (Å²) in [4.78, 5) is 0. The minimum atomic E-state index is 0.641. The van der Waals surface area contributed by atoms with Gasteiger partial charge in [-0.15, -0.1) is 5.10 Å². The summed E-state index contributed by atoms with van der Waals surface area (Å²) >= 11 is 0. The molecule has 10 heavy (non-hydrogen) atoms. The van der Waals surface area contributed by atoms with Crippen molar-refractivity contribution in [3.8, 4) is 0 Å². The van der Waals surface area contributed by atoms with E-state index < -0.39 is 0 Å². The largest absolute Gasteiger partial charge is 0.250 e. The van der Waals surface area contributed by atoms with Crippen LogP contribution in [-0.4, -0.2) is 15.0 Å². The molecule has 0 radical (unpaired) electrons. The molecule has 1 aromatic heterocycles. The number of rotatable bonds is 1. The Hall–Kier alpha value is -0.860. The third-order valence-corrected chi connectivity index (χ3v) is 2.14. The van der Waals surface area contributed by atoms with Crippen LogP contribution in [0.15, 0.2) is 12.4 Å². The maximum absolute atomic E-state index is 3.96. The molecular formula is C7H11N3. The lowest BCUT2D eigenvalue weighted by Gasteiger charge is -2.06. The van der Waals surface area contributed by atoms with Gasteiger partial charge in [-0.05, 0) is 12.8 Å². The van der Waals surface area contributed by atoms with Crippen LogP contribution in [0.1, 0.15) is 31.7 Å². The van der Waals surface area contributed by atoms with Crippen molar-refractivity contribution in [3.05, 3.63) is 12.4 Å². The molecule has 1 aliphatic rings. The van der Waals surface area contributed by atoms with Gasteiger partial charge in [-0.2, -0.15) is 0 Å². The van der Waals surface area contributed by atoms with Crippen LogP contribution in [0.5, 0.6) is 0 Å². The van der Waals surface area contributed by atoms with Crippen LogP contribution in [0.2, 0.25) is 0 Å². The lowest BCUT2D eigenvalue weighted by atomic mass is 10.3. The van der Waals surface area contributed by atoms with Crippen LogP contribution in [0, 0.1) is 0 Å². The van der Waals surface area contributed by atoms with Crippen molar-refractivity contribution in [2.24, 2.45) is 0 Å². The van der Waals surface area contributed by atoms with Gasteiger partial charge in [0.15, 0.2) is 0 Å². The molecule has 0 amide bonds. The smallest absolute Gasteiger partial charge is 0.0693 e. The minimum absolute atomic E-state index is 0.641. The van der Waals surface area contributed by atoms with Gasteiger partial charge in [0, 0.05) is 6.20 Å². The lowest BCUT2D eigenvalue weighted by Crippen LogP contribution is -2.04. The van der Waals surface area contributed by atoms with Gasteiger partial charge < -0.3 is 0 Å². The fraction of sp³-hybridized carbons (Fsp3) is 0.714. The van der Waals surface area contributed by atoms with Gasteiger partial charge in [0.2, 0.25) is 0 Å². The number of hydrogen-bond donors (Lipinski definition) is 0. The molecule has 1 heterocycles. The van der Waals surface area contributed by atoms with Crippen LogP contribution in [0.3, 0.4) is 0 Å². The van der Waals surface area contributed by atoms with Gasteiger partial charge in [0.05, 0.1) is 12.2 Å². The van der Waals surface area contributed by atoms with Crippen molar-refractivity contribution < 1.29 is 0 Å². The summed E-state index contributed by atoms with van der Waals surface area (Å²) in [5, 5.41) is 7.74. The van der Waals surface area contributed by atoms with E-state index in [0.29, 0.717) is 6.04 Å². The second-order valence-corrected chi connectivity index (χ2v) is 2.82. The molecule has 1 saturated carbocycles. The molecule has 0 unspecified atom stereocenters. The average Bonchev–Trinajstić information content (AvgIpc) is 2.59. The highest BCUT2D eigenvalue weighted by Gasteiger charge is 2.16.